The average Bonchev–Trinajstić information content (AvgIpc) is 2.80. The normalized spacial score (nSPS) is 11.9. The zero-order chi connectivity index (χ0) is 27.2. The summed E-state index contributed by atoms with van der Waals surface area (Å²) in [5.74, 6) is -1.26. The SMILES string of the molecule is CCNC(=O)[C@H](C)N(Cc1c(Cl)cccc1Cl)C(=O)CN(c1cc([N+](=O)[O-])ccc1OC)S(C)(=O)=O. The number of nitrogens with one attached hydrogen (secondary N) is 1. The van der Waals surface area contributed by atoms with Crippen molar-refractivity contribution in [2.75, 3.05) is 30.8 Å². The van der Waals surface area contributed by atoms with Crippen molar-refractivity contribution in [1.29, 1.82) is 0 Å². The van der Waals surface area contributed by atoms with E-state index in [1.54, 1.807) is 25.1 Å². The molecular formula is C22H26Cl2N4O7S. The Kier molecular flexibility index (Phi) is 9.91. The van der Waals surface area contributed by atoms with Gasteiger partial charge in [-0.1, -0.05) is 29.3 Å². The molecular weight excluding hydrogens is 535 g/mol. The smallest absolute Gasteiger partial charge is 0.271 e. The molecule has 0 spiro atoms. The highest BCUT2D eigenvalue weighted by Crippen LogP contribution is 2.34. The van der Waals surface area contributed by atoms with Gasteiger partial charge in [-0.15, -0.1) is 0 Å². The molecule has 2 aromatic rings. The Balaban J connectivity index is 2.57. The predicted molar refractivity (Wildman–Crippen MR) is 137 cm³/mol. The number of likely N-dealkylation sites (N-methyl/N-ethyl adjacent to an activating group) is 1. The van der Waals surface area contributed by atoms with Gasteiger partial charge in [0, 0.05) is 40.8 Å². The molecule has 0 aromatic heterocycles. The summed E-state index contributed by atoms with van der Waals surface area (Å²) in [6, 6.07) is 7.10. The number of benzene rings is 2. The minimum absolute atomic E-state index is 0.00343. The summed E-state index contributed by atoms with van der Waals surface area (Å²) in [6.45, 7) is 2.52. The topological polar surface area (TPSA) is 139 Å². The van der Waals surface area contributed by atoms with Crippen molar-refractivity contribution in [3.63, 3.8) is 0 Å². The first kappa shape index (κ1) is 29.1. The van der Waals surface area contributed by atoms with Gasteiger partial charge in [0.1, 0.15) is 24.0 Å². The van der Waals surface area contributed by atoms with Crippen molar-refractivity contribution < 1.29 is 27.7 Å². The molecule has 0 bridgehead atoms. The van der Waals surface area contributed by atoms with Crippen molar-refractivity contribution in [2.45, 2.75) is 26.4 Å². The fourth-order valence-corrected chi connectivity index (χ4v) is 4.70. The summed E-state index contributed by atoms with van der Waals surface area (Å²) in [4.78, 5) is 37.9. The van der Waals surface area contributed by atoms with E-state index in [0.717, 1.165) is 23.3 Å². The number of ether oxygens (including phenoxy) is 1. The molecule has 196 valence electrons. The van der Waals surface area contributed by atoms with Gasteiger partial charge >= 0.3 is 0 Å². The third kappa shape index (κ3) is 6.99. The molecule has 36 heavy (non-hydrogen) atoms. The number of amides is 2. The lowest BCUT2D eigenvalue weighted by molar-refractivity contribution is -0.384. The van der Waals surface area contributed by atoms with Gasteiger partial charge in [0.2, 0.25) is 21.8 Å². The lowest BCUT2D eigenvalue weighted by atomic mass is 10.1. The van der Waals surface area contributed by atoms with E-state index in [1.165, 1.54) is 20.1 Å². The van der Waals surface area contributed by atoms with Gasteiger partial charge in [-0.3, -0.25) is 24.0 Å². The Labute approximate surface area is 219 Å². The van der Waals surface area contributed by atoms with E-state index in [-0.39, 0.29) is 28.0 Å². The Morgan fingerprint density at radius 1 is 1.19 bits per heavy atom. The molecule has 14 heteroatoms. The lowest BCUT2D eigenvalue weighted by Gasteiger charge is -2.32. The van der Waals surface area contributed by atoms with E-state index in [9.17, 15) is 28.1 Å². The fraction of sp³-hybridized carbons (Fsp3) is 0.364. The average molecular weight is 561 g/mol. The zero-order valence-electron chi connectivity index (χ0n) is 20.0. The number of carbonyl (C=O) groups is 2. The van der Waals surface area contributed by atoms with Gasteiger partial charge in [0.15, 0.2) is 0 Å². The maximum absolute atomic E-state index is 13.5. The van der Waals surface area contributed by atoms with Crippen LogP contribution in [0.15, 0.2) is 36.4 Å². The highest BCUT2D eigenvalue weighted by molar-refractivity contribution is 7.92. The Bertz CT molecular complexity index is 1240. The van der Waals surface area contributed by atoms with Crippen LogP contribution in [0.4, 0.5) is 11.4 Å². The largest absolute Gasteiger partial charge is 0.495 e. The van der Waals surface area contributed by atoms with Crippen molar-refractivity contribution in [3.8, 4) is 5.75 Å². The van der Waals surface area contributed by atoms with Crippen LogP contribution in [0.5, 0.6) is 5.75 Å². The molecule has 2 rings (SSSR count). The Morgan fingerprint density at radius 2 is 1.81 bits per heavy atom. The summed E-state index contributed by atoms with van der Waals surface area (Å²) in [5, 5.41) is 14.4. The summed E-state index contributed by atoms with van der Waals surface area (Å²) in [7, 11) is -2.88. The molecule has 11 nitrogen and oxygen atoms in total. The Hall–Kier alpha value is -3.09. The molecule has 0 heterocycles. The number of nitrogens with zero attached hydrogens (tertiary/aromatic N) is 3. The minimum atomic E-state index is -4.14. The predicted octanol–water partition coefficient (Wildman–Crippen LogP) is 3.23. The number of nitro benzene ring substituents is 1. The Morgan fingerprint density at radius 3 is 2.31 bits per heavy atom. The number of sulfonamides is 1. The third-order valence-electron chi connectivity index (χ3n) is 5.23. The number of methoxy groups -OCH3 is 1. The summed E-state index contributed by atoms with van der Waals surface area (Å²) >= 11 is 12.5. The van der Waals surface area contributed by atoms with Gasteiger partial charge in [-0.05, 0) is 32.0 Å². The first-order valence-corrected chi connectivity index (χ1v) is 13.2. The standard InChI is InChI=1S/C22H26Cl2N4O7S/c1-5-25-22(30)14(2)26(12-16-17(23)7-6-8-18(16)24)21(29)13-27(36(4,33)34)19-11-15(28(31)32)9-10-20(19)35-3/h6-11,14H,5,12-13H2,1-4H3,(H,25,30)/t14-/m0/s1. The number of carbonyl (C=O) groups excluding carboxylic acids is 2. The molecule has 0 aliphatic rings. The summed E-state index contributed by atoms with van der Waals surface area (Å²) < 4.78 is 31.3. The van der Waals surface area contributed by atoms with Crippen LogP contribution in [0.1, 0.15) is 19.4 Å². The van der Waals surface area contributed by atoms with Crippen LogP contribution in [0.2, 0.25) is 10.0 Å². The molecule has 2 aromatic carbocycles. The second-order valence-electron chi connectivity index (χ2n) is 7.68. The molecule has 0 radical (unpaired) electrons. The number of nitro groups is 1. The summed E-state index contributed by atoms with van der Waals surface area (Å²) in [5.41, 5.74) is -0.240. The second kappa shape index (κ2) is 12.2. The number of rotatable bonds is 11. The maximum Gasteiger partial charge on any atom is 0.271 e. The zero-order valence-corrected chi connectivity index (χ0v) is 22.4. The van der Waals surface area contributed by atoms with E-state index in [2.05, 4.69) is 5.32 Å². The van der Waals surface area contributed by atoms with Gasteiger partial charge in [-0.2, -0.15) is 0 Å². The molecule has 0 saturated heterocycles. The molecule has 2 amide bonds. The number of halogens is 2. The molecule has 1 atom stereocenters. The summed E-state index contributed by atoms with van der Waals surface area (Å²) in [6.07, 6.45) is 0.848. The molecule has 0 saturated carbocycles. The highest BCUT2D eigenvalue weighted by Gasteiger charge is 2.32. The second-order valence-corrected chi connectivity index (χ2v) is 10.4. The van der Waals surface area contributed by atoms with Crippen molar-refractivity contribution >= 4 is 56.4 Å². The monoisotopic (exact) mass is 560 g/mol. The van der Waals surface area contributed by atoms with Gasteiger partial charge in [-0.25, -0.2) is 8.42 Å². The van der Waals surface area contributed by atoms with E-state index in [1.807, 2.05) is 0 Å². The van der Waals surface area contributed by atoms with Gasteiger partial charge in [0.25, 0.3) is 5.69 Å². The third-order valence-corrected chi connectivity index (χ3v) is 7.06. The molecule has 0 aliphatic heterocycles. The van der Waals surface area contributed by atoms with Crippen molar-refractivity contribution in [2.24, 2.45) is 0 Å². The van der Waals surface area contributed by atoms with Gasteiger partial charge < -0.3 is 15.0 Å². The molecule has 0 unspecified atom stereocenters. The maximum atomic E-state index is 13.5. The molecule has 0 fully saturated rings. The van der Waals surface area contributed by atoms with Gasteiger partial charge in [0.05, 0.1) is 18.3 Å². The molecule has 1 N–H and O–H groups in total. The van der Waals surface area contributed by atoms with Crippen LogP contribution in [0.3, 0.4) is 0 Å². The van der Waals surface area contributed by atoms with Crippen molar-refractivity contribution in [1.82, 2.24) is 10.2 Å². The first-order chi connectivity index (χ1) is 16.8. The van der Waals surface area contributed by atoms with Crippen LogP contribution in [-0.2, 0) is 26.2 Å². The van der Waals surface area contributed by atoms with Crippen LogP contribution in [0, 0.1) is 10.1 Å². The van der Waals surface area contributed by atoms with Crippen LogP contribution in [-0.4, -0.2) is 62.6 Å². The quantitative estimate of drug-likeness (QED) is 0.328. The highest BCUT2D eigenvalue weighted by atomic mass is 35.5. The number of non-ortho nitro benzene ring substituents is 1. The first-order valence-electron chi connectivity index (χ1n) is 10.6. The van der Waals surface area contributed by atoms with Crippen LogP contribution < -0.4 is 14.4 Å². The van der Waals surface area contributed by atoms with E-state index < -0.39 is 45.0 Å². The van der Waals surface area contributed by atoms with Crippen LogP contribution in [0.25, 0.3) is 0 Å². The van der Waals surface area contributed by atoms with Crippen molar-refractivity contribution in [3.05, 3.63) is 62.1 Å². The van der Waals surface area contributed by atoms with Crippen LogP contribution >= 0.6 is 23.2 Å². The number of hydrogen-bond acceptors (Lipinski definition) is 7. The number of anilines is 1. The lowest BCUT2D eigenvalue weighted by Crippen LogP contribution is -2.51. The van der Waals surface area contributed by atoms with E-state index in [0.29, 0.717) is 16.4 Å². The van der Waals surface area contributed by atoms with E-state index >= 15 is 0 Å². The number of hydrogen-bond donors (Lipinski definition) is 1. The molecule has 0 aliphatic carbocycles. The fourth-order valence-electron chi connectivity index (χ4n) is 3.34. The minimum Gasteiger partial charge on any atom is -0.495 e. The van der Waals surface area contributed by atoms with E-state index in [4.69, 9.17) is 27.9 Å².